The highest BCUT2D eigenvalue weighted by molar-refractivity contribution is 5.84. The number of hydrogen-bond acceptors (Lipinski definition) is 5. The number of H-pyrrole nitrogens is 1. The largest absolute Gasteiger partial charge is 0.494 e. The summed E-state index contributed by atoms with van der Waals surface area (Å²) in [5.41, 5.74) is 1.97. The number of fused-ring (bicyclic) bond motifs is 1. The number of aryl methyl sites for hydroxylation is 1. The van der Waals surface area contributed by atoms with E-state index in [-0.39, 0.29) is 6.04 Å². The lowest BCUT2D eigenvalue weighted by molar-refractivity contribution is 0.237. The SMILES string of the molecule is COc1cccc2ccc(CN3CCCC3c3n[nH]c(C)n3)nc12. The first-order chi connectivity index (χ1) is 11.7. The molecule has 1 atom stereocenters. The third-order valence-corrected chi connectivity index (χ3v) is 4.60. The van der Waals surface area contributed by atoms with E-state index in [0.717, 1.165) is 59.9 Å². The molecule has 6 nitrogen and oxygen atoms in total. The standard InChI is InChI=1S/C18H21N5O/c1-12-19-18(22-21-12)15-6-4-10-23(15)11-14-9-8-13-5-3-7-16(24-2)17(13)20-14/h3,5,7-9,15H,4,6,10-11H2,1-2H3,(H,19,21,22). The van der Waals surface area contributed by atoms with Crippen molar-refractivity contribution in [2.45, 2.75) is 32.4 Å². The predicted molar refractivity (Wildman–Crippen MR) is 91.8 cm³/mol. The van der Waals surface area contributed by atoms with Crippen LogP contribution in [0.25, 0.3) is 10.9 Å². The normalized spacial score (nSPS) is 18.3. The average Bonchev–Trinajstić information content (AvgIpc) is 3.23. The molecule has 124 valence electrons. The van der Waals surface area contributed by atoms with Crippen molar-refractivity contribution < 1.29 is 4.74 Å². The Hall–Kier alpha value is -2.47. The number of hydrogen-bond donors (Lipinski definition) is 1. The van der Waals surface area contributed by atoms with Crippen LogP contribution in [-0.2, 0) is 6.54 Å². The molecule has 1 aliphatic rings. The number of likely N-dealkylation sites (tertiary alicyclic amines) is 1. The van der Waals surface area contributed by atoms with E-state index < -0.39 is 0 Å². The van der Waals surface area contributed by atoms with Crippen LogP contribution in [0.5, 0.6) is 5.75 Å². The van der Waals surface area contributed by atoms with Gasteiger partial charge in [-0.25, -0.2) is 9.97 Å². The molecule has 24 heavy (non-hydrogen) atoms. The van der Waals surface area contributed by atoms with Crippen molar-refractivity contribution in [1.82, 2.24) is 25.1 Å². The minimum Gasteiger partial charge on any atom is -0.494 e. The van der Waals surface area contributed by atoms with Gasteiger partial charge in [-0.2, -0.15) is 5.10 Å². The van der Waals surface area contributed by atoms with Gasteiger partial charge >= 0.3 is 0 Å². The first kappa shape index (κ1) is 15.1. The summed E-state index contributed by atoms with van der Waals surface area (Å²) in [5.74, 6) is 2.57. The topological polar surface area (TPSA) is 66.9 Å². The molecule has 1 N–H and O–H groups in total. The Morgan fingerprint density at radius 1 is 1.25 bits per heavy atom. The Morgan fingerprint density at radius 3 is 2.96 bits per heavy atom. The number of aromatic nitrogens is 4. The minimum absolute atomic E-state index is 0.269. The zero-order valence-electron chi connectivity index (χ0n) is 14.0. The molecule has 1 aromatic carbocycles. The molecule has 4 rings (SSSR count). The third kappa shape index (κ3) is 2.73. The Labute approximate surface area is 140 Å². The van der Waals surface area contributed by atoms with Crippen molar-refractivity contribution in [1.29, 1.82) is 0 Å². The van der Waals surface area contributed by atoms with Gasteiger partial charge in [-0.15, -0.1) is 0 Å². The minimum atomic E-state index is 0.269. The zero-order chi connectivity index (χ0) is 16.5. The van der Waals surface area contributed by atoms with Gasteiger partial charge in [-0.1, -0.05) is 18.2 Å². The molecular weight excluding hydrogens is 302 g/mol. The molecule has 1 aliphatic heterocycles. The number of nitrogens with one attached hydrogen (secondary N) is 1. The first-order valence-electron chi connectivity index (χ1n) is 8.30. The number of methoxy groups -OCH3 is 1. The summed E-state index contributed by atoms with van der Waals surface area (Å²) < 4.78 is 5.45. The van der Waals surface area contributed by atoms with Crippen molar-refractivity contribution in [2.75, 3.05) is 13.7 Å². The number of benzene rings is 1. The van der Waals surface area contributed by atoms with Crippen molar-refractivity contribution in [2.24, 2.45) is 0 Å². The number of aromatic amines is 1. The molecule has 1 fully saturated rings. The smallest absolute Gasteiger partial charge is 0.167 e. The monoisotopic (exact) mass is 323 g/mol. The van der Waals surface area contributed by atoms with E-state index in [9.17, 15) is 0 Å². The van der Waals surface area contributed by atoms with E-state index in [4.69, 9.17) is 9.72 Å². The second-order valence-electron chi connectivity index (χ2n) is 6.24. The summed E-state index contributed by atoms with van der Waals surface area (Å²) in [4.78, 5) is 11.7. The Morgan fingerprint density at radius 2 is 2.17 bits per heavy atom. The highest BCUT2D eigenvalue weighted by Gasteiger charge is 2.29. The van der Waals surface area contributed by atoms with Crippen LogP contribution >= 0.6 is 0 Å². The van der Waals surface area contributed by atoms with Crippen molar-refractivity contribution >= 4 is 10.9 Å². The molecule has 0 amide bonds. The van der Waals surface area contributed by atoms with E-state index >= 15 is 0 Å². The summed E-state index contributed by atoms with van der Waals surface area (Å²) in [6.07, 6.45) is 2.25. The lowest BCUT2D eigenvalue weighted by Gasteiger charge is -2.21. The molecule has 0 radical (unpaired) electrons. The van der Waals surface area contributed by atoms with Gasteiger partial charge in [0, 0.05) is 11.9 Å². The summed E-state index contributed by atoms with van der Waals surface area (Å²) >= 11 is 0. The number of para-hydroxylation sites is 1. The molecule has 3 heterocycles. The van der Waals surface area contributed by atoms with Gasteiger partial charge in [0.1, 0.15) is 17.1 Å². The summed E-state index contributed by atoms with van der Waals surface area (Å²) in [6.45, 7) is 3.78. The highest BCUT2D eigenvalue weighted by Crippen LogP contribution is 2.31. The first-order valence-corrected chi connectivity index (χ1v) is 8.30. The molecule has 0 aliphatic carbocycles. The highest BCUT2D eigenvalue weighted by atomic mass is 16.5. The lowest BCUT2D eigenvalue weighted by Crippen LogP contribution is -2.24. The maximum atomic E-state index is 5.45. The van der Waals surface area contributed by atoms with E-state index in [1.807, 2.05) is 19.1 Å². The fourth-order valence-corrected chi connectivity index (χ4v) is 3.44. The maximum absolute atomic E-state index is 5.45. The van der Waals surface area contributed by atoms with Crippen LogP contribution in [0.1, 0.15) is 36.2 Å². The van der Waals surface area contributed by atoms with Crippen LogP contribution in [-0.4, -0.2) is 38.7 Å². The van der Waals surface area contributed by atoms with E-state index in [2.05, 4.69) is 38.3 Å². The van der Waals surface area contributed by atoms with Crippen LogP contribution in [0, 0.1) is 6.92 Å². The maximum Gasteiger partial charge on any atom is 0.167 e. The fourth-order valence-electron chi connectivity index (χ4n) is 3.44. The molecule has 1 unspecified atom stereocenters. The van der Waals surface area contributed by atoms with Gasteiger partial charge in [0.15, 0.2) is 5.82 Å². The molecule has 3 aromatic rings. The molecule has 0 saturated carbocycles. The summed E-state index contributed by atoms with van der Waals surface area (Å²) in [6, 6.07) is 10.5. The molecular formula is C18H21N5O. The fraction of sp³-hybridized carbons (Fsp3) is 0.389. The average molecular weight is 323 g/mol. The Kier molecular flexibility index (Phi) is 3.90. The number of nitrogens with zero attached hydrogens (tertiary/aromatic N) is 4. The van der Waals surface area contributed by atoms with Crippen LogP contribution in [0.15, 0.2) is 30.3 Å². The van der Waals surface area contributed by atoms with Gasteiger partial charge in [0.2, 0.25) is 0 Å². The van der Waals surface area contributed by atoms with Gasteiger partial charge in [0.25, 0.3) is 0 Å². The third-order valence-electron chi connectivity index (χ3n) is 4.60. The van der Waals surface area contributed by atoms with Gasteiger partial charge < -0.3 is 4.74 Å². The molecule has 1 saturated heterocycles. The Balaban J connectivity index is 1.61. The van der Waals surface area contributed by atoms with Crippen LogP contribution in [0.3, 0.4) is 0 Å². The van der Waals surface area contributed by atoms with Crippen molar-refractivity contribution in [3.63, 3.8) is 0 Å². The van der Waals surface area contributed by atoms with Crippen LogP contribution in [0.4, 0.5) is 0 Å². The second-order valence-corrected chi connectivity index (χ2v) is 6.24. The van der Waals surface area contributed by atoms with E-state index in [1.54, 1.807) is 7.11 Å². The lowest BCUT2D eigenvalue weighted by atomic mass is 10.1. The van der Waals surface area contributed by atoms with Gasteiger partial charge in [0.05, 0.1) is 18.8 Å². The number of rotatable bonds is 4. The Bertz CT molecular complexity index is 859. The summed E-state index contributed by atoms with van der Waals surface area (Å²) in [7, 11) is 1.69. The van der Waals surface area contributed by atoms with Gasteiger partial charge in [-0.3, -0.25) is 10.00 Å². The zero-order valence-corrected chi connectivity index (χ0v) is 14.0. The van der Waals surface area contributed by atoms with Gasteiger partial charge in [-0.05, 0) is 38.4 Å². The quantitative estimate of drug-likeness (QED) is 0.799. The van der Waals surface area contributed by atoms with Crippen LogP contribution in [0.2, 0.25) is 0 Å². The molecule has 0 bridgehead atoms. The summed E-state index contributed by atoms with van der Waals surface area (Å²) in [5, 5.41) is 8.40. The van der Waals surface area contributed by atoms with Crippen LogP contribution < -0.4 is 4.74 Å². The molecule has 0 spiro atoms. The predicted octanol–water partition coefficient (Wildman–Crippen LogP) is 3.01. The number of ether oxygens (including phenoxy) is 1. The van der Waals surface area contributed by atoms with Crippen molar-refractivity contribution in [3.05, 3.63) is 47.7 Å². The van der Waals surface area contributed by atoms with Crippen molar-refractivity contribution in [3.8, 4) is 5.75 Å². The molecule has 6 heteroatoms. The van der Waals surface area contributed by atoms with E-state index in [0.29, 0.717) is 0 Å². The number of pyridine rings is 1. The van der Waals surface area contributed by atoms with E-state index in [1.165, 1.54) is 0 Å². The second kappa shape index (κ2) is 6.20. The molecule has 2 aromatic heterocycles.